The number of methoxy groups -OCH3 is 1. The first-order valence-corrected chi connectivity index (χ1v) is 7.07. The molecule has 5 heteroatoms. The minimum Gasteiger partial charge on any atom is -0.508 e. The normalized spacial score (nSPS) is 10.1. The van der Waals surface area contributed by atoms with E-state index in [-0.39, 0.29) is 18.2 Å². The highest BCUT2D eigenvalue weighted by atomic mass is 127. The molecule has 0 fully saturated rings. The van der Waals surface area contributed by atoms with E-state index in [1.54, 1.807) is 37.4 Å². The molecule has 0 saturated heterocycles. The predicted molar refractivity (Wildman–Crippen MR) is 85.0 cm³/mol. The highest BCUT2D eigenvalue weighted by Gasteiger charge is 2.08. The fourth-order valence-corrected chi connectivity index (χ4v) is 2.07. The summed E-state index contributed by atoms with van der Waals surface area (Å²) in [4.78, 5) is 12.0. The standard InChI is InChI=1S/C15H14INO3/c1-20-13-6-7-14(18)11(8-13)9-17-15(19)10-2-4-12(16)5-3-10/h2-8,18H,9H2,1H3,(H,17,19). The second-order valence-corrected chi connectivity index (χ2v) is 5.43. The Kier molecular flexibility index (Phi) is 4.84. The van der Waals surface area contributed by atoms with Crippen molar-refractivity contribution in [2.75, 3.05) is 7.11 Å². The van der Waals surface area contributed by atoms with Crippen molar-refractivity contribution >= 4 is 28.5 Å². The van der Waals surface area contributed by atoms with E-state index in [0.29, 0.717) is 16.9 Å². The zero-order valence-corrected chi connectivity index (χ0v) is 13.0. The number of ether oxygens (including phenoxy) is 1. The number of phenols is 1. The third-order valence-electron chi connectivity index (χ3n) is 2.83. The summed E-state index contributed by atoms with van der Waals surface area (Å²) in [6, 6.07) is 12.2. The quantitative estimate of drug-likeness (QED) is 0.799. The lowest BCUT2D eigenvalue weighted by Gasteiger charge is -2.09. The van der Waals surface area contributed by atoms with Gasteiger partial charge in [-0.15, -0.1) is 0 Å². The van der Waals surface area contributed by atoms with Gasteiger partial charge in [0.05, 0.1) is 7.11 Å². The summed E-state index contributed by atoms with van der Waals surface area (Å²) in [6.07, 6.45) is 0. The number of carbonyl (C=O) groups excluding carboxylic acids is 1. The van der Waals surface area contributed by atoms with Crippen molar-refractivity contribution in [3.63, 3.8) is 0 Å². The molecule has 0 aliphatic heterocycles. The Hall–Kier alpha value is -1.76. The summed E-state index contributed by atoms with van der Waals surface area (Å²) in [7, 11) is 1.56. The smallest absolute Gasteiger partial charge is 0.251 e. The van der Waals surface area contributed by atoms with E-state index in [1.807, 2.05) is 12.1 Å². The maximum Gasteiger partial charge on any atom is 0.251 e. The molecule has 104 valence electrons. The molecule has 2 N–H and O–H groups in total. The van der Waals surface area contributed by atoms with Crippen LogP contribution in [0, 0.1) is 3.57 Å². The van der Waals surface area contributed by atoms with E-state index in [9.17, 15) is 9.90 Å². The molecular formula is C15H14INO3. The summed E-state index contributed by atoms with van der Waals surface area (Å²) in [5.41, 5.74) is 1.20. The molecule has 2 rings (SSSR count). The number of rotatable bonds is 4. The van der Waals surface area contributed by atoms with E-state index in [2.05, 4.69) is 27.9 Å². The van der Waals surface area contributed by atoms with Crippen LogP contribution in [-0.4, -0.2) is 18.1 Å². The zero-order chi connectivity index (χ0) is 14.5. The monoisotopic (exact) mass is 383 g/mol. The first kappa shape index (κ1) is 14.6. The molecule has 0 aliphatic rings. The van der Waals surface area contributed by atoms with Crippen LogP contribution in [0.4, 0.5) is 0 Å². The van der Waals surface area contributed by atoms with Crippen molar-refractivity contribution in [2.24, 2.45) is 0 Å². The number of aromatic hydroxyl groups is 1. The van der Waals surface area contributed by atoms with Crippen LogP contribution in [0.15, 0.2) is 42.5 Å². The Morgan fingerprint density at radius 2 is 1.95 bits per heavy atom. The Bertz CT molecular complexity index is 611. The van der Waals surface area contributed by atoms with E-state index in [0.717, 1.165) is 3.57 Å². The number of hydrogen-bond donors (Lipinski definition) is 2. The maximum atomic E-state index is 12.0. The van der Waals surface area contributed by atoms with Gasteiger partial charge in [0.2, 0.25) is 0 Å². The lowest BCUT2D eigenvalue weighted by atomic mass is 10.1. The molecule has 20 heavy (non-hydrogen) atoms. The molecule has 4 nitrogen and oxygen atoms in total. The van der Waals surface area contributed by atoms with Gasteiger partial charge in [0.15, 0.2) is 0 Å². The second kappa shape index (κ2) is 6.60. The molecule has 0 saturated carbocycles. The van der Waals surface area contributed by atoms with Crippen molar-refractivity contribution in [1.29, 1.82) is 0 Å². The molecular weight excluding hydrogens is 369 g/mol. The summed E-state index contributed by atoms with van der Waals surface area (Å²) < 4.78 is 6.16. The number of benzene rings is 2. The highest BCUT2D eigenvalue weighted by molar-refractivity contribution is 14.1. The van der Waals surface area contributed by atoms with Crippen LogP contribution in [0.2, 0.25) is 0 Å². The lowest BCUT2D eigenvalue weighted by Crippen LogP contribution is -2.22. The van der Waals surface area contributed by atoms with Crippen molar-refractivity contribution in [1.82, 2.24) is 5.32 Å². The average molecular weight is 383 g/mol. The Morgan fingerprint density at radius 1 is 1.25 bits per heavy atom. The van der Waals surface area contributed by atoms with E-state index < -0.39 is 0 Å². The SMILES string of the molecule is COc1ccc(O)c(CNC(=O)c2ccc(I)cc2)c1. The largest absolute Gasteiger partial charge is 0.508 e. The fourth-order valence-electron chi connectivity index (χ4n) is 1.71. The molecule has 0 atom stereocenters. The highest BCUT2D eigenvalue weighted by Crippen LogP contribution is 2.22. The molecule has 1 amide bonds. The van der Waals surface area contributed by atoms with Gasteiger partial charge < -0.3 is 15.2 Å². The third kappa shape index (κ3) is 3.63. The zero-order valence-electron chi connectivity index (χ0n) is 10.9. The molecule has 2 aromatic carbocycles. The van der Waals surface area contributed by atoms with Crippen LogP contribution in [-0.2, 0) is 6.54 Å². The van der Waals surface area contributed by atoms with Gasteiger partial charge in [-0.3, -0.25) is 4.79 Å². The Labute approximate surface area is 130 Å². The maximum absolute atomic E-state index is 12.0. The number of hydrogen-bond acceptors (Lipinski definition) is 3. The number of halogens is 1. The lowest BCUT2D eigenvalue weighted by molar-refractivity contribution is 0.0950. The summed E-state index contributed by atoms with van der Waals surface area (Å²) in [5.74, 6) is 0.596. The summed E-state index contributed by atoms with van der Waals surface area (Å²) in [5, 5.41) is 12.5. The van der Waals surface area contributed by atoms with Gasteiger partial charge in [-0.25, -0.2) is 0 Å². The average Bonchev–Trinajstić information content (AvgIpc) is 2.47. The van der Waals surface area contributed by atoms with Gasteiger partial charge in [-0.1, -0.05) is 0 Å². The van der Waals surface area contributed by atoms with E-state index in [1.165, 1.54) is 0 Å². The van der Waals surface area contributed by atoms with Crippen LogP contribution in [0.5, 0.6) is 11.5 Å². The molecule has 0 unspecified atom stereocenters. The minimum absolute atomic E-state index is 0.133. The first-order chi connectivity index (χ1) is 9.60. The number of amides is 1. The number of nitrogens with one attached hydrogen (secondary N) is 1. The molecule has 0 radical (unpaired) electrons. The summed E-state index contributed by atoms with van der Waals surface area (Å²) >= 11 is 2.18. The van der Waals surface area contributed by atoms with Crippen LogP contribution in [0.25, 0.3) is 0 Å². The van der Waals surface area contributed by atoms with Gasteiger partial charge in [0.1, 0.15) is 11.5 Å². The van der Waals surface area contributed by atoms with Crippen molar-refractivity contribution in [3.8, 4) is 11.5 Å². The molecule has 0 spiro atoms. The Balaban J connectivity index is 2.05. The van der Waals surface area contributed by atoms with Crippen LogP contribution >= 0.6 is 22.6 Å². The molecule has 2 aromatic rings. The molecule has 0 heterocycles. The molecule has 0 aliphatic carbocycles. The van der Waals surface area contributed by atoms with E-state index >= 15 is 0 Å². The summed E-state index contributed by atoms with van der Waals surface area (Å²) in [6.45, 7) is 0.244. The third-order valence-corrected chi connectivity index (χ3v) is 3.55. The van der Waals surface area contributed by atoms with Gasteiger partial charge in [0, 0.05) is 21.2 Å². The van der Waals surface area contributed by atoms with Crippen molar-refractivity contribution in [3.05, 3.63) is 57.2 Å². The number of phenolic OH excluding ortho intramolecular Hbond substituents is 1. The van der Waals surface area contributed by atoms with E-state index in [4.69, 9.17) is 4.74 Å². The Morgan fingerprint density at radius 3 is 2.60 bits per heavy atom. The fraction of sp³-hybridized carbons (Fsp3) is 0.133. The van der Waals surface area contributed by atoms with Crippen molar-refractivity contribution < 1.29 is 14.6 Å². The van der Waals surface area contributed by atoms with Crippen LogP contribution in [0.1, 0.15) is 15.9 Å². The minimum atomic E-state index is -0.177. The van der Waals surface area contributed by atoms with Crippen LogP contribution in [0.3, 0.4) is 0 Å². The van der Waals surface area contributed by atoms with Gasteiger partial charge in [-0.2, -0.15) is 0 Å². The van der Waals surface area contributed by atoms with Gasteiger partial charge in [0.25, 0.3) is 5.91 Å². The second-order valence-electron chi connectivity index (χ2n) is 4.18. The van der Waals surface area contributed by atoms with Gasteiger partial charge >= 0.3 is 0 Å². The molecule has 0 aromatic heterocycles. The first-order valence-electron chi connectivity index (χ1n) is 6.00. The van der Waals surface area contributed by atoms with Gasteiger partial charge in [-0.05, 0) is 65.1 Å². The topological polar surface area (TPSA) is 58.6 Å². The number of carbonyl (C=O) groups is 1. The molecule has 0 bridgehead atoms. The van der Waals surface area contributed by atoms with Crippen molar-refractivity contribution in [2.45, 2.75) is 6.54 Å². The predicted octanol–water partition coefficient (Wildman–Crippen LogP) is 2.94. The van der Waals surface area contributed by atoms with Crippen LogP contribution < -0.4 is 10.1 Å².